The number of primary amides is 2. The van der Waals surface area contributed by atoms with Gasteiger partial charge in [0.2, 0.25) is 5.91 Å². The molecule has 31 heavy (non-hydrogen) atoms. The predicted molar refractivity (Wildman–Crippen MR) is 125 cm³/mol. The van der Waals surface area contributed by atoms with Crippen molar-refractivity contribution in [1.29, 1.82) is 0 Å². The fraction of sp³-hybridized carbons (Fsp3) is 0.429. The summed E-state index contributed by atoms with van der Waals surface area (Å²) in [6.07, 6.45) is 1.59. The van der Waals surface area contributed by atoms with E-state index in [0.29, 0.717) is 28.7 Å². The summed E-state index contributed by atoms with van der Waals surface area (Å²) in [5.41, 5.74) is 16.5. The molecule has 10 heteroatoms. The quantitative estimate of drug-likeness (QED) is 0.299. The zero-order valence-corrected chi connectivity index (χ0v) is 21.9. The summed E-state index contributed by atoms with van der Waals surface area (Å²) in [7, 11) is 1.48. The Morgan fingerprint density at radius 3 is 2.13 bits per heavy atom. The van der Waals surface area contributed by atoms with Crippen LogP contribution >= 0.6 is 0 Å². The van der Waals surface area contributed by atoms with Crippen molar-refractivity contribution in [3.63, 3.8) is 0 Å². The Morgan fingerprint density at radius 1 is 1.23 bits per heavy atom. The maximum absolute atomic E-state index is 11.3. The number of oxazole rings is 1. The second-order valence-corrected chi connectivity index (χ2v) is 6.66. The minimum absolute atomic E-state index is 0.105. The van der Waals surface area contributed by atoms with Gasteiger partial charge in [0.05, 0.1) is 6.20 Å². The Balaban J connectivity index is 0. The van der Waals surface area contributed by atoms with E-state index in [4.69, 9.17) is 20.6 Å². The molecule has 2 amide bonds. The molecule has 2 rings (SSSR count). The molecule has 172 valence electrons. The average Bonchev–Trinajstić information content (AvgIpc) is 3.08. The van der Waals surface area contributed by atoms with Crippen LogP contribution in [0.5, 0.6) is 5.75 Å². The molecule has 1 aromatic heterocycles. The fourth-order valence-electron chi connectivity index (χ4n) is 1.82. The van der Waals surface area contributed by atoms with Crippen LogP contribution in [0.1, 0.15) is 44.9 Å². The Kier molecular flexibility index (Phi) is 17.0. The van der Waals surface area contributed by atoms with E-state index in [1.165, 1.54) is 14.0 Å². The van der Waals surface area contributed by atoms with E-state index in [1.54, 1.807) is 54.3 Å². The Morgan fingerprint density at radius 2 is 1.74 bits per heavy atom. The van der Waals surface area contributed by atoms with Crippen molar-refractivity contribution in [2.75, 3.05) is 12.8 Å². The zero-order valence-electron chi connectivity index (χ0n) is 19.3. The molecule has 0 aliphatic rings. The third-order valence-corrected chi connectivity index (χ3v) is 2.79. The van der Waals surface area contributed by atoms with Crippen molar-refractivity contribution in [2.24, 2.45) is 22.4 Å². The van der Waals surface area contributed by atoms with Gasteiger partial charge < -0.3 is 26.4 Å². The molecular weight excluding hydrogens is 508 g/mol. The molecule has 0 saturated carbocycles. The van der Waals surface area contributed by atoms with Gasteiger partial charge in [-0.05, 0) is 24.1 Å². The number of aliphatic imine (C=N–C) groups is 1. The van der Waals surface area contributed by atoms with Crippen LogP contribution in [-0.2, 0) is 16.2 Å². The molecule has 0 aliphatic carbocycles. The van der Waals surface area contributed by atoms with Crippen molar-refractivity contribution < 1.29 is 18.7 Å². The van der Waals surface area contributed by atoms with Gasteiger partial charge in [0.15, 0.2) is 11.7 Å². The molecule has 1 aromatic carbocycles. The van der Waals surface area contributed by atoms with Gasteiger partial charge in [0.25, 0.3) is 5.91 Å². The molecule has 0 saturated heterocycles. The maximum atomic E-state index is 11.3. The molecule has 2 radical (unpaired) electrons. The second kappa shape index (κ2) is 17.2. The minimum atomic E-state index is -0.646. The van der Waals surface area contributed by atoms with Crippen molar-refractivity contribution in [3.8, 4) is 5.75 Å². The molecule has 0 spiro atoms. The number of carbonyl (C=O) groups is 2. The van der Waals surface area contributed by atoms with Crippen LogP contribution in [0.2, 0.25) is 4.87 Å². The molecule has 0 atom stereocenters. The summed E-state index contributed by atoms with van der Waals surface area (Å²) >= 11 is 1.75. The summed E-state index contributed by atoms with van der Waals surface area (Å²) < 4.78 is 10.9. The number of anilines is 1. The Labute approximate surface area is 198 Å². The summed E-state index contributed by atoms with van der Waals surface area (Å²) in [6, 6.07) is 4.94. The van der Waals surface area contributed by atoms with E-state index in [9.17, 15) is 9.59 Å². The number of nitrogen functional groups attached to an aromatic ring is 1. The zero-order chi connectivity index (χ0) is 24.6. The van der Waals surface area contributed by atoms with Crippen LogP contribution in [0.3, 0.4) is 0 Å². The summed E-state index contributed by atoms with van der Waals surface area (Å²) in [6.45, 7) is 9.78. The first-order valence-corrected chi connectivity index (χ1v) is 11.9. The number of nitrogens with zero attached hydrogens (tertiary/aromatic N) is 2. The van der Waals surface area contributed by atoms with Crippen LogP contribution in [0.4, 0.5) is 5.69 Å². The van der Waals surface area contributed by atoms with E-state index in [2.05, 4.69) is 41.4 Å². The monoisotopic (exact) mass is 541 g/mol. The van der Waals surface area contributed by atoms with Gasteiger partial charge in [0, 0.05) is 32.1 Å². The molecule has 0 aliphatic heterocycles. The van der Waals surface area contributed by atoms with Crippen molar-refractivity contribution in [2.45, 2.75) is 46.1 Å². The van der Waals surface area contributed by atoms with Crippen LogP contribution in [0.25, 0.3) is 0 Å². The predicted octanol–water partition coefficient (Wildman–Crippen LogP) is 2.41. The number of hydrogen-bond acceptors (Lipinski definition) is 7. The van der Waals surface area contributed by atoms with Gasteiger partial charge in [-0.15, -0.1) is 0 Å². The van der Waals surface area contributed by atoms with Crippen LogP contribution in [-0.4, -0.2) is 52.6 Å². The van der Waals surface area contributed by atoms with Crippen molar-refractivity contribution >= 4 is 46.2 Å². The van der Waals surface area contributed by atoms with Crippen molar-refractivity contribution in [3.05, 3.63) is 41.6 Å². The molecule has 2 aromatic rings. The molecular formula is C21H34N5O4Sb. The molecule has 9 nitrogen and oxygen atoms in total. The number of nitrogens with two attached hydrogens (primary N) is 3. The van der Waals surface area contributed by atoms with E-state index in [-0.39, 0.29) is 18.2 Å². The topological polar surface area (TPSA) is 160 Å². The number of aromatic nitrogens is 1. The molecule has 0 bridgehead atoms. The van der Waals surface area contributed by atoms with E-state index in [1.807, 2.05) is 0 Å². The van der Waals surface area contributed by atoms with Gasteiger partial charge in [-0.3, -0.25) is 14.6 Å². The number of benzene rings is 1. The number of ether oxygens (including phenoxy) is 1. The first kappa shape index (κ1) is 30.7. The van der Waals surface area contributed by atoms with Crippen LogP contribution < -0.4 is 21.9 Å². The molecule has 0 fully saturated rings. The first-order chi connectivity index (χ1) is 14.5. The van der Waals surface area contributed by atoms with Crippen LogP contribution in [0, 0.1) is 12.8 Å². The van der Waals surface area contributed by atoms with Crippen LogP contribution in [0.15, 0.2) is 33.8 Å². The number of aryl methyl sites for hydroxylation is 1. The van der Waals surface area contributed by atoms with Gasteiger partial charge >= 0.3 is 27.9 Å². The summed E-state index contributed by atoms with van der Waals surface area (Å²) in [5, 5.41) is 0. The first-order valence-electron chi connectivity index (χ1n) is 9.39. The van der Waals surface area contributed by atoms with Gasteiger partial charge in [-0.2, -0.15) is 0 Å². The van der Waals surface area contributed by atoms with E-state index < -0.39 is 5.91 Å². The summed E-state index contributed by atoms with van der Waals surface area (Å²) in [4.78, 5) is 30.5. The third kappa shape index (κ3) is 15.0. The van der Waals surface area contributed by atoms with Gasteiger partial charge in [-0.1, -0.05) is 20.8 Å². The molecule has 6 N–H and O–H groups in total. The number of carbonyl (C=O) groups excluding carboxylic acids is 2. The Bertz CT molecular complexity index is 828. The number of hydrogen-bond donors (Lipinski definition) is 3. The SMILES string of the molecule is CC(C)C.CC(N)=O.CN=C(C(N)=O)c1cc(OCc2cnc(C)o2)ccc1N.[CH3][Sb]. The van der Waals surface area contributed by atoms with Gasteiger partial charge in [-0.25, -0.2) is 4.98 Å². The fourth-order valence-corrected chi connectivity index (χ4v) is 1.82. The third-order valence-electron chi connectivity index (χ3n) is 2.79. The van der Waals surface area contributed by atoms with E-state index >= 15 is 0 Å². The van der Waals surface area contributed by atoms with Crippen molar-refractivity contribution in [1.82, 2.24) is 4.98 Å². The van der Waals surface area contributed by atoms with E-state index in [0.717, 1.165) is 5.92 Å². The second-order valence-electron chi connectivity index (χ2n) is 6.66. The molecule has 0 unspecified atom stereocenters. The molecule has 1 heterocycles. The normalized spacial score (nSPS) is 9.90. The number of amides is 2. The standard InChI is InChI=1S/C14H16N4O3.C4H10.C2H5NO.CH3.Sb/c1-8-18-6-10(21-8)7-20-9-3-4-12(15)11(5-9)13(17-2)14(16)19;1-4(2)3;1-2(3)4;;/h3-6H,7,15H2,1-2H3,(H2,16,19);4H,1-3H3;1H3,(H2,3,4);1H3;. The summed E-state index contributed by atoms with van der Waals surface area (Å²) in [5.74, 6) is 1.55. The number of rotatable bonds is 5. The van der Waals surface area contributed by atoms with Gasteiger partial charge in [0.1, 0.15) is 18.1 Å². The average molecular weight is 542 g/mol. The Hall–Kier alpha value is -2.54.